The Balaban J connectivity index is -0.000000187. The first-order valence-corrected chi connectivity index (χ1v) is 6.83. The Morgan fingerprint density at radius 1 is 0.400 bits per heavy atom. The third kappa shape index (κ3) is 31.4. The molecule has 0 rings (SSSR count). The van der Waals surface area contributed by atoms with E-state index in [1.807, 2.05) is 0 Å². The summed E-state index contributed by atoms with van der Waals surface area (Å²) in [6.45, 7) is 8.98. The lowest BCUT2D eigenvalue weighted by molar-refractivity contribution is 0.624. The fourth-order valence-electron chi connectivity index (χ4n) is 1.35. The minimum Gasteiger partial charge on any atom is -0.114 e. The average Bonchev–Trinajstić information content (AvgIpc) is 2.22. The molecule has 0 amide bonds. The van der Waals surface area contributed by atoms with Crippen LogP contribution in [-0.2, 0) is 0 Å². The fraction of sp³-hybridized carbons (Fsp3) is 1.00. The monoisotopic (exact) mass is 280 g/mol. The van der Waals surface area contributed by atoms with E-state index in [2.05, 4.69) is 27.7 Å². The van der Waals surface area contributed by atoms with Crippen LogP contribution in [-0.4, -0.2) is 0 Å². The Hall–Kier alpha value is 0.480. The van der Waals surface area contributed by atoms with E-state index in [9.17, 15) is 0 Å². The van der Waals surface area contributed by atoms with Crippen molar-refractivity contribution in [2.24, 2.45) is 0 Å². The van der Waals surface area contributed by atoms with Crippen molar-refractivity contribution >= 4 is 17.0 Å². The molecule has 0 fully saturated rings. The van der Waals surface area contributed by atoms with Gasteiger partial charge in [0.15, 0.2) is 0 Å². The first-order chi connectivity index (χ1) is 6.83. The molecule has 0 aromatic heterocycles. The molecule has 0 bridgehead atoms. The van der Waals surface area contributed by atoms with Crippen LogP contribution in [0.1, 0.15) is 91.9 Å². The van der Waals surface area contributed by atoms with E-state index in [1.54, 1.807) is 0 Å². The highest BCUT2D eigenvalue weighted by molar-refractivity contribution is 8.93. The summed E-state index contributed by atoms with van der Waals surface area (Å²) in [4.78, 5) is 0. The van der Waals surface area contributed by atoms with Gasteiger partial charge in [-0.3, -0.25) is 0 Å². The predicted octanol–water partition coefficient (Wildman–Crippen LogP) is 6.53. The Bertz CT molecular complexity index is 61.7. The number of halogens is 1. The van der Waals surface area contributed by atoms with E-state index in [0.717, 1.165) is 0 Å². The van der Waals surface area contributed by atoms with Crippen molar-refractivity contribution in [3.05, 3.63) is 0 Å². The van der Waals surface area contributed by atoms with E-state index in [4.69, 9.17) is 0 Å². The van der Waals surface area contributed by atoms with Crippen LogP contribution in [0, 0.1) is 0 Å². The molecule has 1 heteroatoms. The molecule has 0 aromatic carbocycles. The normalized spacial score (nSPS) is 8.80. The largest absolute Gasteiger partial charge is 0.114 e. The first kappa shape index (κ1) is 20.8. The second-order valence-corrected chi connectivity index (χ2v) is 4.12. The summed E-state index contributed by atoms with van der Waals surface area (Å²) in [7, 11) is 0. The Morgan fingerprint density at radius 3 is 0.800 bits per heavy atom. The summed E-state index contributed by atoms with van der Waals surface area (Å²) >= 11 is 0. The number of hydrogen-bond donors (Lipinski definition) is 0. The van der Waals surface area contributed by atoms with Gasteiger partial charge in [-0.25, -0.2) is 0 Å². The summed E-state index contributed by atoms with van der Waals surface area (Å²) in [5.41, 5.74) is 0. The number of rotatable bonds is 8. The molecule has 0 aliphatic rings. The van der Waals surface area contributed by atoms with Crippen LogP contribution in [0.25, 0.3) is 0 Å². The predicted molar refractivity (Wildman–Crippen MR) is 79.2 cm³/mol. The minimum absolute atomic E-state index is 0. The van der Waals surface area contributed by atoms with E-state index >= 15 is 0 Å². The van der Waals surface area contributed by atoms with E-state index in [1.165, 1.54) is 64.2 Å². The molecule has 0 saturated carbocycles. The molecule has 0 N–H and O–H groups in total. The van der Waals surface area contributed by atoms with E-state index in [0.29, 0.717) is 0 Å². The maximum Gasteiger partial charge on any atom is -0.0533 e. The highest BCUT2D eigenvalue weighted by atomic mass is 79.9. The molecule has 0 unspecified atom stereocenters. The summed E-state index contributed by atoms with van der Waals surface area (Å²) < 4.78 is 0. The summed E-state index contributed by atoms with van der Waals surface area (Å²) in [6.07, 6.45) is 14.0. The third-order valence-corrected chi connectivity index (χ3v) is 2.41. The van der Waals surface area contributed by atoms with Crippen molar-refractivity contribution in [2.45, 2.75) is 91.9 Å². The number of unbranched alkanes of at least 4 members (excludes halogenated alkanes) is 8. The van der Waals surface area contributed by atoms with Gasteiger partial charge in [-0.05, 0) is 0 Å². The van der Waals surface area contributed by atoms with Crippen LogP contribution < -0.4 is 0 Å². The maximum absolute atomic E-state index is 2.26. The molecule has 0 heterocycles. The zero-order valence-electron chi connectivity index (χ0n) is 11.5. The van der Waals surface area contributed by atoms with Crippen molar-refractivity contribution in [1.82, 2.24) is 0 Å². The Labute approximate surface area is 109 Å². The molecule has 15 heavy (non-hydrogen) atoms. The molecule has 0 saturated heterocycles. The zero-order chi connectivity index (χ0) is 11.1. The van der Waals surface area contributed by atoms with E-state index < -0.39 is 0 Å². The first-order valence-electron chi connectivity index (χ1n) is 6.83. The second kappa shape index (κ2) is 24.0. The molecule has 0 nitrogen and oxygen atoms in total. The summed E-state index contributed by atoms with van der Waals surface area (Å²) in [5.74, 6) is 0. The van der Waals surface area contributed by atoms with Gasteiger partial charge in [0.1, 0.15) is 0 Å². The van der Waals surface area contributed by atoms with Crippen molar-refractivity contribution < 1.29 is 0 Å². The van der Waals surface area contributed by atoms with Gasteiger partial charge in [0.2, 0.25) is 0 Å². The zero-order valence-corrected chi connectivity index (χ0v) is 13.2. The molecule has 0 spiro atoms. The summed E-state index contributed by atoms with van der Waals surface area (Å²) in [6, 6.07) is 0. The van der Waals surface area contributed by atoms with Gasteiger partial charge < -0.3 is 0 Å². The van der Waals surface area contributed by atoms with Crippen LogP contribution in [0.5, 0.6) is 0 Å². The number of hydrogen-bond acceptors (Lipinski definition) is 0. The van der Waals surface area contributed by atoms with Gasteiger partial charge >= 0.3 is 0 Å². The van der Waals surface area contributed by atoms with Crippen molar-refractivity contribution in [2.75, 3.05) is 0 Å². The molecule has 0 atom stereocenters. The molecule has 0 aromatic rings. The van der Waals surface area contributed by atoms with Crippen molar-refractivity contribution in [3.63, 3.8) is 0 Å². The third-order valence-electron chi connectivity index (χ3n) is 2.41. The van der Waals surface area contributed by atoms with Crippen molar-refractivity contribution in [3.8, 4) is 0 Å². The molecule has 96 valence electrons. The van der Waals surface area contributed by atoms with Gasteiger partial charge in [-0.15, -0.1) is 17.0 Å². The average molecular weight is 281 g/mol. The van der Waals surface area contributed by atoms with E-state index in [-0.39, 0.29) is 17.0 Å². The lowest BCUT2D eigenvalue weighted by Gasteiger charge is -1.93. The lowest BCUT2D eigenvalue weighted by Crippen LogP contribution is -1.73. The van der Waals surface area contributed by atoms with Crippen LogP contribution in [0.4, 0.5) is 0 Å². The molecular formula is C14H33Br. The highest BCUT2D eigenvalue weighted by Gasteiger charge is 1.83. The van der Waals surface area contributed by atoms with Crippen LogP contribution in [0.3, 0.4) is 0 Å². The second-order valence-electron chi connectivity index (χ2n) is 4.12. The highest BCUT2D eigenvalue weighted by Crippen LogP contribution is 2.03. The topological polar surface area (TPSA) is 0 Å². The minimum atomic E-state index is 0. The molecule has 0 aliphatic heterocycles. The summed E-state index contributed by atoms with van der Waals surface area (Å²) in [5, 5.41) is 0. The van der Waals surface area contributed by atoms with Gasteiger partial charge in [0.05, 0.1) is 0 Å². The quantitative estimate of drug-likeness (QED) is 0.443. The van der Waals surface area contributed by atoms with Gasteiger partial charge in [-0.2, -0.15) is 0 Å². The molecule has 0 aliphatic carbocycles. The smallest absolute Gasteiger partial charge is 0.0533 e. The van der Waals surface area contributed by atoms with Crippen LogP contribution in [0.2, 0.25) is 0 Å². The molecule has 0 radical (unpaired) electrons. The molecular weight excluding hydrogens is 248 g/mol. The standard InChI is InChI=1S/C8H18.C6H14.BrH/c1-3-5-7-8-6-4-2;1-3-5-6-4-2;/h3-8H2,1-2H3;3-6H2,1-2H3;1H. The Kier molecular flexibility index (Phi) is 33.3. The van der Waals surface area contributed by atoms with Crippen LogP contribution >= 0.6 is 17.0 Å². The van der Waals surface area contributed by atoms with Gasteiger partial charge in [0, 0.05) is 0 Å². The van der Waals surface area contributed by atoms with Crippen LogP contribution in [0.15, 0.2) is 0 Å². The maximum atomic E-state index is 2.26. The SMILES string of the molecule is Br.CCCCCC.CCCCCCCC. The fourth-order valence-corrected chi connectivity index (χ4v) is 1.35. The van der Waals surface area contributed by atoms with Gasteiger partial charge in [0.25, 0.3) is 0 Å². The Morgan fingerprint density at radius 2 is 0.600 bits per heavy atom. The van der Waals surface area contributed by atoms with Crippen molar-refractivity contribution in [1.29, 1.82) is 0 Å². The lowest BCUT2D eigenvalue weighted by atomic mass is 10.1. The van der Waals surface area contributed by atoms with Gasteiger partial charge in [-0.1, -0.05) is 91.9 Å².